The summed E-state index contributed by atoms with van der Waals surface area (Å²) in [4.78, 5) is 24.7. The summed E-state index contributed by atoms with van der Waals surface area (Å²) in [6.07, 6.45) is -2.00. The normalized spacial score (nSPS) is 28.7. The average Bonchev–Trinajstić information content (AvgIpc) is 3.29. The van der Waals surface area contributed by atoms with Gasteiger partial charge in [0.1, 0.15) is 11.9 Å². The standard InChI is InChI=1S/C22H27F3N2O3/c1-13-15-9-16(19(13)11-15)12-26-20(28)14-3-2-4-18(10-14)30-17-5-7-27(8-6-17)21(29)22(23,24)25/h2-4,10,13,15-17,19H,5-9,11-12H2,1H3,(H,26,28)/t13-,15?,16?,19?/m1/s1. The van der Waals surface area contributed by atoms with Crippen molar-refractivity contribution >= 4 is 11.8 Å². The molecule has 1 aromatic carbocycles. The Kier molecular flexibility index (Phi) is 5.68. The van der Waals surface area contributed by atoms with Gasteiger partial charge in [-0.25, -0.2) is 0 Å². The van der Waals surface area contributed by atoms with Crippen LogP contribution in [0, 0.1) is 23.7 Å². The maximum atomic E-state index is 12.5. The Balaban J connectivity index is 1.26. The lowest BCUT2D eigenvalue weighted by Crippen LogP contribution is -2.47. The summed E-state index contributed by atoms with van der Waals surface area (Å²) in [5, 5.41) is 3.04. The first-order valence-electron chi connectivity index (χ1n) is 10.6. The Labute approximate surface area is 173 Å². The van der Waals surface area contributed by atoms with Crippen molar-refractivity contribution in [3.8, 4) is 5.75 Å². The number of hydrogen-bond acceptors (Lipinski definition) is 3. The summed E-state index contributed by atoms with van der Waals surface area (Å²) >= 11 is 0. The van der Waals surface area contributed by atoms with Crippen molar-refractivity contribution in [1.29, 1.82) is 0 Å². The van der Waals surface area contributed by atoms with Gasteiger partial charge < -0.3 is 15.0 Å². The van der Waals surface area contributed by atoms with Crippen LogP contribution in [0.4, 0.5) is 13.2 Å². The summed E-state index contributed by atoms with van der Waals surface area (Å²) in [7, 11) is 0. The van der Waals surface area contributed by atoms with Crippen molar-refractivity contribution in [3.63, 3.8) is 0 Å². The average molecular weight is 424 g/mol. The third-order valence-corrected chi connectivity index (χ3v) is 7.10. The van der Waals surface area contributed by atoms with E-state index in [-0.39, 0.29) is 25.1 Å². The van der Waals surface area contributed by atoms with Gasteiger partial charge in [0.2, 0.25) is 0 Å². The quantitative estimate of drug-likeness (QED) is 0.785. The molecular formula is C22H27F3N2O3. The third kappa shape index (κ3) is 4.27. The summed E-state index contributed by atoms with van der Waals surface area (Å²) < 4.78 is 43.5. The van der Waals surface area contributed by atoms with Crippen molar-refractivity contribution in [1.82, 2.24) is 10.2 Å². The van der Waals surface area contributed by atoms with Gasteiger partial charge in [-0.15, -0.1) is 0 Å². The topological polar surface area (TPSA) is 58.6 Å². The number of alkyl halides is 3. The maximum Gasteiger partial charge on any atom is 0.471 e. The second kappa shape index (κ2) is 8.12. The molecule has 4 aliphatic rings. The van der Waals surface area contributed by atoms with Crippen LogP contribution in [-0.2, 0) is 4.79 Å². The van der Waals surface area contributed by atoms with E-state index in [1.807, 2.05) is 0 Å². The van der Waals surface area contributed by atoms with Crippen LogP contribution in [0.25, 0.3) is 0 Å². The molecule has 1 N–H and O–H groups in total. The van der Waals surface area contributed by atoms with E-state index in [2.05, 4.69) is 12.2 Å². The summed E-state index contributed by atoms with van der Waals surface area (Å²) in [6.45, 7) is 3.00. The first kappa shape index (κ1) is 21.0. The van der Waals surface area contributed by atoms with Crippen molar-refractivity contribution in [2.24, 2.45) is 23.7 Å². The van der Waals surface area contributed by atoms with E-state index in [1.54, 1.807) is 24.3 Å². The molecule has 0 radical (unpaired) electrons. The number of likely N-dealkylation sites (tertiary alicyclic amines) is 1. The van der Waals surface area contributed by atoms with Crippen LogP contribution in [0.1, 0.15) is 43.0 Å². The number of benzene rings is 1. The first-order chi connectivity index (χ1) is 14.2. The van der Waals surface area contributed by atoms with E-state index < -0.39 is 12.1 Å². The molecule has 2 bridgehead atoms. The highest BCUT2D eigenvalue weighted by Gasteiger charge is 2.50. The Morgan fingerprint density at radius 2 is 1.93 bits per heavy atom. The van der Waals surface area contributed by atoms with E-state index in [0.717, 1.165) is 22.7 Å². The Hall–Kier alpha value is -2.25. The second-order valence-corrected chi connectivity index (χ2v) is 8.86. The van der Waals surface area contributed by atoms with E-state index in [9.17, 15) is 22.8 Å². The van der Waals surface area contributed by atoms with E-state index in [4.69, 9.17) is 4.74 Å². The summed E-state index contributed by atoms with van der Waals surface area (Å²) in [6, 6.07) is 6.86. The number of piperidine rings is 1. The van der Waals surface area contributed by atoms with Gasteiger partial charge in [-0.1, -0.05) is 13.0 Å². The maximum absolute atomic E-state index is 12.5. The molecule has 3 unspecified atom stereocenters. The SMILES string of the molecule is C[C@@H]1C2CC(CNC(=O)c3cccc(OC4CCN(C(=O)C(F)(F)F)CC4)c3)C1C2. The van der Waals surface area contributed by atoms with Crippen molar-refractivity contribution in [2.45, 2.75) is 44.9 Å². The minimum atomic E-state index is -4.84. The van der Waals surface area contributed by atoms with Crippen molar-refractivity contribution in [3.05, 3.63) is 29.8 Å². The van der Waals surface area contributed by atoms with Crippen LogP contribution in [-0.4, -0.2) is 48.6 Å². The van der Waals surface area contributed by atoms with Gasteiger partial charge >= 0.3 is 12.1 Å². The molecule has 3 saturated carbocycles. The zero-order valence-electron chi connectivity index (χ0n) is 17.0. The third-order valence-electron chi connectivity index (χ3n) is 7.10. The number of fused-ring (bicyclic) bond motifs is 1. The molecule has 8 heteroatoms. The summed E-state index contributed by atoms with van der Waals surface area (Å²) in [5.74, 6) is 1.49. The Bertz CT molecular complexity index is 805. The van der Waals surface area contributed by atoms with Crippen LogP contribution in [0.5, 0.6) is 5.75 Å². The predicted molar refractivity (Wildman–Crippen MR) is 104 cm³/mol. The molecule has 30 heavy (non-hydrogen) atoms. The number of carbonyl (C=O) groups excluding carboxylic acids is 2. The smallest absolute Gasteiger partial charge is 0.471 e. The second-order valence-electron chi connectivity index (χ2n) is 8.86. The Morgan fingerprint density at radius 3 is 2.53 bits per heavy atom. The number of ether oxygens (including phenoxy) is 1. The predicted octanol–water partition coefficient (Wildman–Crippen LogP) is 3.64. The molecule has 4 atom stereocenters. The van der Waals surface area contributed by atoms with Crippen LogP contribution in [0.2, 0.25) is 0 Å². The highest BCUT2D eigenvalue weighted by atomic mass is 19.4. The zero-order valence-corrected chi connectivity index (χ0v) is 17.0. The lowest BCUT2D eigenvalue weighted by atomic mass is 9.72. The molecule has 1 saturated heterocycles. The van der Waals surface area contributed by atoms with Gasteiger partial charge in [-0.2, -0.15) is 13.2 Å². The number of amides is 2. The van der Waals surface area contributed by atoms with Gasteiger partial charge in [0.05, 0.1) is 0 Å². The monoisotopic (exact) mass is 424 g/mol. The van der Waals surface area contributed by atoms with Crippen molar-refractivity contribution < 1.29 is 27.5 Å². The zero-order chi connectivity index (χ0) is 21.5. The number of rotatable bonds is 5. The first-order valence-corrected chi connectivity index (χ1v) is 10.6. The molecule has 5 nitrogen and oxygen atoms in total. The molecule has 0 aromatic heterocycles. The Morgan fingerprint density at radius 1 is 1.20 bits per heavy atom. The minimum Gasteiger partial charge on any atom is -0.490 e. The number of carbonyl (C=O) groups is 2. The van der Waals surface area contributed by atoms with Gasteiger partial charge in [0, 0.05) is 38.0 Å². The van der Waals surface area contributed by atoms with Crippen LogP contribution < -0.4 is 10.1 Å². The fourth-order valence-corrected chi connectivity index (χ4v) is 5.25. The lowest BCUT2D eigenvalue weighted by Gasteiger charge is -2.34. The molecule has 3 aliphatic carbocycles. The highest BCUT2D eigenvalue weighted by molar-refractivity contribution is 5.94. The molecule has 1 heterocycles. The number of halogens is 3. The van der Waals surface area contributed by atoms with E-state index in [1.165, 1.54) is 12.8 Å². The van der Waals surface area contributed by atoms with Gasteiger partial charge in [0.25, 0.3) is 5.91 Å². The largest absolute Gasteiger partial charge is 0.490 e. The molecular weight excluding hydrogens is 397 g/mol. The molecule has 0 spiro atoms. The number of nitrogens with one attached hydrogen (secondary N) is 1. The van der Waals surface area contributed by atoms with Gasteiger partial charge in [-0.3, -0.25) is 9.59 Å². The number of hydrogen-bond donors (Lipinski definition) is 1. The molecule has 1 aliphatic heterocycles. The molecule has 5 rings (SSSR count). The molecule has 4 fully saturated rings. The van der Waals surface area contributed by atoms with Gasteiger partial charge in [0.15, 0.2) is 0 Å². The van der Waals surface area contributed by atoms with E-state index in [0.29, 0.717) is 36.6 Å². The molecule has 1 aromatic rings. The summed E-state index contributed by atoms with van der Waals surface area (Å²) in [5.41, 5.74) is 0.510. The molecule has 164 valence electrons. The minimum absolute atomic E-state index is 0.00512. The lowest BCUT2D eigenvalue weighted by molar-refractivity contribution is -0.187. The number of nitrogens with zero attached hydrogens (tertiary/aromatic N) is 1. The highest BCUT2D eigenvalue weighted by Crippen LogP contribution is 2.56. The van der Waals surface area contributed by atoms with Crippen LogP contribution in [0.3, 0.4) is 0 Å². The van der Waals surface area contributed by atoms with Gasteiger partial charge in [-0.05, 0) is 54.7 Å². The van der Waals surface area contributed by atoms with Crippen molar-refractivity contribution in [2.75, 3.05) is 19.6 Å². The fourth-order valence-electron chi connectivity index (χ4n) is 5.25. The van der Waals surface area contributed by atoms with E-state index >= 15 is 0 Å². The van der Waals surface area contributed by atoms with Crippen LogP contribution >= 0.6 is 0 Å². The fraction of sp³-hybridized carbons (Fsp3) is 0.636. The van der Waals surface area contributed by atoms with Crippen LogP contribution in [0.15, 0.2) is 24.3 Å². The molecule has 2 amide bonds.